The molecule has 35 nitrogen and oxygen atoms in total. The Balaban J connectivity index is 0.0000109. The van der Waals surface area contributed by atoms with Crippen LogP contribution >= 0.6 is 0 Å². The topological polar surface area (TPSA) is 556 Å². The molecule has 1 radical (unpaired) electrons. The number of rotatable bonds is 30. The molecule has 0 aromatic rings. The molecule has 4 rings (SSSR count). The third-order valence-corrected chi connectivity index (χ3v) is 13.2. The molecule has 4 aliphatic heterocycles. The first-order valence-electron chi connectivity index (χ1n) is 24.3. The normalized spacial score (nSPS) is 31.7. The summed E-state index contributed by atoms with van der Waals surface area (Å²) in [5, 5.41) is 178. The number of carboxylic acids is 4. The summed E-state index contributed by atoms with van der Waals surface area (Å²) in [5.41, 5.74) is -4.07. The standard InChI is InChI=1S/C43H72N6O29.Gd.Na/c50-12-20-30(64)33(67)36(70)39(76-20)73-17-42(18-74-40-37(71)34(68)31(65)21(13-51)77-40,19-75-41-38(72)35(69)32(66)22(14-52)78-41)46-24(54)2-4-44-25(55)7-45-23(53)1-3-43(49(10-28(60)61)11-29(62)63)15-47(8-26(56)57)5-6-48(16-43)9-27(58)59;;/h20-22,30-41,50-52,64-72H,1-19H2,(H,44,55)(H,45,53)(H,46,54)(H,56,57)(H,58,59)(H,60,61)(H,62,63);;/q;+3;+1/p-4. The first-order chi connectivity index (χ1) is 36.7. The molecule has 15 atom stereocenters. The van der Waals surface area contributed by atoms with Gasteiger partial charge in [0.15, 0.2) is 18.9 Å². The van der Waals surface area contributed by atoms with Gasteiger partial charge in [0, 0.05) is 77.3 Å². The van der Waals surface area contributed by atoms with E-state index in [1.165, 1.54) is 9.80 Å². The number of nitrogens with one attached hydrogen (secondary N) is 3. The predicted molar refractivity (Wildman–Crippen MR) is 237 cm³/mol. The van der Waals surface area contributed by atoms with Gasteiger partial charge in [0.05, 0.1) is 70.1 Å². The zero-order valence-electron chi connectivity index (χ0n) is 43.1. The molecule has 37 heteroatoms. The van der Waals surface area contributed by atoms with Crippen LogP contribution in [0, 0.1) is 39.9 Å². The fourth-order valence-electron chi connectivity index (χ4n) is 9.10. The Bertz CT molecular complexity index is 1870. The third kappa shape index (κ3) is 21.4. The van der Waals surface area contributed by atoms with Gasteiger partial charge in [0.1, 0.15) is 78.8 Å². The number of hydrogen-bond donors (Lipinski definition) is 15. The van der Waals surface area contributed by atoms with E-state index in [-0.39, 0.29) is 82.6 Å². The molecule has 0 aromatic carbocycles. The van der Waals surface area contributed by atoms with Crippen molar-refractivity contribution in [3.05, 3.63) is 0 Å². The maximum absolute atomic E-state index is 13.9. The molecule has 0 saturated carbocycles. The van der Waals surface area contributed by atoms with Crippen molar-refractivity contribution >= 4 is 41.6 Å². The number of hydrogen-bond acceptors (Lipinski definition) is 32. The van der Waals surface area contributed by atoms with Crippen LogP contribution in [0.4, 0.5) is 0 Å². The van der Waals surface area contributed by atoms with Crippen molar-refractivity contribution in [1.29, 1.82) is 0 Å². The summed E-state index contributed by atoms with van der Waals surface area (Å²) in [7, 11) is 0. The number of ether oxygens (including phenoxy) is 6. The Morgan fingerprint density at radius 3 is 1.25 bits per heavy atom. The summed E-state index contributed by atoms with van der Waals surface area (Å²) >= 11 is 0. The molecule has 0 aliphatic carbocycles. The van der Waals surface area contributed by atoms with Crippen LogP contribution < -0.4 is 65.9 Å². The Hall–Kier alpha value is -2.23. The fourth-order valence-corrected chi connectivity index (χ4v) is 9.10. The maximum Gasteiger partial charge on any atom is 3.00 e. The van der Waals surface area contributed by atoms with Crippen LogP contribution in [0.15, 0.2) is 0 Å². The summed E-state index contributed by atoms with van der Waals surface area (Å²) in [6, 6.07) is 0. The van der Waals surface area contributed by atoms with Crippen LogP contribution in [-0.2, 0) is 62.0 Å². The Morgan fingerprint density at radius 1 is 0.537 bits per heavy atom. The molecule has 0 bridgehead atoms. The Kier molecular flexibility index (Phi) is 32.0. The van der Waals surface area contributed by atoms with Crippen molar-refractivity contribution < 1.29 is 213 Å². The number of carbonyl (C=O) groups excluding carboxylic acids is 7. The molecule has 15 N–H and O–H groups in total. The molecule has 80 heavy (non-hydrogen) atoms. The van der Waals surface area contributed by atoms with E-state index in [2.05, 4.69) is 16.0 Å². The smallest absolute Gasteiger partial charge is 0.549 e. The molecule has 3 amide bonds. The minimum absolute atomic E-state index is 0. The summed E-state index contributed by atoms with van der Waals surface area (Å²) in [6.45, 7) is -11.9. The van der Waals surface area contributed by atoms with Crippen LogP contribution in [0.1, 0.15) is 19.3 Å². The molecule has 15 unspecified atom stereocenters. The van der Waals surface area contributed by atoms with Gasteiger partial charge in [-0.1, -0.05) is 0 Å². The molecule has 4 heterocycles. The molecule has 0 spiro atoms. The summed E-state index contributed by atoms with van der Waals surface area (Å²) < 4.78 is 33.5. The van der Waals surface area contributed by atoms with Crippen LogP contribution in [0.2, 0.25) is 0 Å². The Labute approximate surface area is 509 Å². The average Bonchev–Trinajstić information content (AvgIpc) is 3.54. The van der Waals surface area contributed by atoms with Gasteiger partial charge in [-0.15, -0.1) is 0 Å². The monoisotopic (exact) mass is 1310 g/mol. The number of aliphatic hydroxyl groups is 12. The van der Waals surface area contributed by atoms with Gasteiger partial charge in [0.25, 0.3) is 0 Å². The van der Waals surface area contributed by atoms with Crippen molar-refractivity contribution in [1.82, 2.24) is 30.7 Å². The largest absolute Gasteiger partial charge is 3.00 e. The number of carbonyl (C=O) groups is 7. The minimum atomic E-state index is -2.28. The van der Waals surface area contributed by atoms with Gasteiger partial charge in [0.2, 0.25) is 17.7 Å². The van der Waals surface area contributed by atoms with Gasteiger partial charge < -0.3 is 145 Å². The minimum Gasteiger partial charge on any atom is -0.549 e. The zero-order chi connectivity index (χ0) is 58.2. The van der Waals surface area contributed by atoms with Crippen molar-refractivity contribution in [3.63, 3.8) is 0 Å². The first kappa shape index (κ1) is 73.9. The van der Waals surface area contributed by atoms with Gasteiger partial charge in [-0.25, -0.2) is 0 Å². The van der Waals surface area contributed by atoms with E-state index < -0.39 is 256 Å². The Morgan fingerprint density at radius 2 is 0.912 bits per heavy atom. The second kappa shape index (κ2) is 34.7. The van der Waals surface area contributed by atoms with Crippen molar-refractivity contribution in [2.45, 2.75) is 122 Å². The predicted octanol–water partition coefficient (Wildman–Crippen LogP) is -20.6. The van der Waals surface area contributed by atoms with Gasteiger partial charge in [-0.05, 0) is 6.42 Å². The van der Waals surface area contributed by atoms with Crippen LogP contribution in [-0.4, -0.2) is 326 Å². The average molecular weight is 1310 g/mol. The summed E-state index contributed by atoms with van der Waals surface area (Å²) in [5.74, 6) is -9.65. The third-order valence-electron chi connectivity index (χ3n) is 13.2. The molecule has 453 valence electrons. The van der Waals surface area contributed by atoms with E-state index >= 15 is 0 Å². The number of aliphatic carboxylic acids is 4. The van der Waals surface area contributed by atoms with Crippen LogP contribution in [0.25, 0.3) is 0 Å². The van der Waals surface area contributed by atoms with Crippen molar-refractivity contribution in [3.8, 4) is 0 Å². The quantitative estimate of drug-likeness (QED) is 0.0297. The van der Waals surface area contributed by atoms with Crippen LogP contribution in [0.3, 0.4) is 0 Å². The fraction of sp³-hybridized carbons (Fsp3) is 0.837. The van der Waals surface area contributed by atoms with Gasteiger partial charge >= 0.3 is 69.5 Å². The second-order valence-corrected chi connectivity index (χ2v) is 19.2. The summed E-state index contributed by atoms with van der Waals surface area (Å²) in [4.78, 5) is 90.3. The second-order valence-electron chi connectivity index (χ2n) is 19.2. The molecular formula is C43H68GdN6NaO29. The van der Waals surface area contributed by atoms with Crippen LogP contribution in [0.5, 0.6) is 0 Å². The number of nitrogens with zero attached hydrogens (tertiary/aromatic N) is 3. The molecule has 4 aliphatic rings. The molecular weight excluding hydrogens is 1240 g/mol. The maximum atomic E-state index is 13.9. The van der Waals surface area contributed by atoms with E-state index in [0.29, 0.717) is 0 Å². The van der Waals surface area contributed by atoms with E-state index in [9.17, 15) is 115 Å². The van der Waals surface area contributed by atoms with E-state index in [1.54, 1.807) is 0 Å². The van der Waals surface area contributed by atoms with Gasteiger partial charge in [-0.3, -0.25) is 29.1 Å². The number of amides is 3. The SMILES string of the molecule is O=C([O-])CN1CCN(CC(=O)[O-])CC(CCC(=O)NCC(=O)NCCC(=O)NC(COC2OC(CO)C(O)C(O)C2O)(COC2OC(CO)C(O)C(O)C2O)COC2OC(CO)C(O)C(O)C2O)(N(CC(=O)[O-])CC(=O)[O-])C1.[Gd+3].[Na+]. The van der Waals surface area contributed by atoms with E-state index in [4.69, 9.17) is 28.4 Å². The summed E-state index contributed by atoms with van der Waals surface area (Å²) in [6.07, 6.45) is -29.9. The molecule has 4 fully saturated rings. The van der Waals surface area contributed by atoms with E-state index in [1.807, 2.05) is 0 Å². The number of carboxylic acid groups (broad SMARTS) is 4. The first-order valence-corrected chi connectivity index (χ1v) is 24.3. The van der Waals surface area contributed by atoms with Crippen molar-refractivity contribution in [2.24, 2.45) is 0 Å². The zero-order valence-corrected chi connectivity index (χ0v) is 47.4. The van der Waals surface area contributed by atoms with Crippen molar-refractivity contribution in [2.75, 3.05) is 105 Å². The number of aliphatic hydroxyl groups excluding tert-OH is 12. The van der Waals surface area contributed by atoms with E-state index in [0.717, 1.165) is 4.90 Å². The molecule has 0 aromatic heterocycles. The molecule has 4 saturated heterocycles. The van der Waals surface area contributed by atoms with Gasteiger partial charge in [-0.2, -0.15) is 0 Å².